The van der Waals surface area contributed by atoms with Crippen LogP contribution in [0.1, 0.15) is 5.56 Å². The molecule has 2 aromatic heterocycles. The number of aromatic nitrogens is 3. The lowest BCUT2D eigenvalue weighted by Crippen LogP contribution is -2.23. The van der Waals surface area contributed by atoms with Crippen molar-refractivity contribution < 1.29 is 4.74 Å². The van der Waals surface area contributed by atoms with Crippen LogP contribution in [0.25, 0.3) is 17.1 Å². The van der Waals surface area contributed by atoms with Gasteiger partial charge in [-0.25, -0.2) is 4.98 Å². The molecule has 0 spiro atoms. The first-order valence-electron chi connectivity index (χ1n) is 5.93. The van der Waals surface area contributed by atoms with Gasteiger partial charge in [-0.05, 0) is 12.1 Å². The lowest BCUT2D eigenvalue weighted by molar-refractivity contribution is 0.414. The van der Waals surface area contributed by atoms with Crippen LogP contribution in [0.5, 0.6) is 5.75 Å². The van der Waals surface area contributed by atoms with Gasteiger partial charge in [0, 0.05) is 5.56 Å². The first kappa shape index (κ1) is 12.6. The van der Waals surface area contributed by atoms with E-state index in [0.29, 0.717) is 9.49 Å². The van der Waals surface area contributed by atoms with Crippen LogP contribution in [0.2, 0.25) is 0 Å². The molecule has 0 saturated carbocycles. The normalized spacial score (nSPS) is 12.6. The molecule has 0 N–H and O–H groups in total. The third-order valence-electron chi connectivity index (χ3n) is 2.78. The van der Waals surface area contributed by atoms with E-state index in [1.807, 2.05) is 36.4 Å². The van der Waals surface area contributed by atoms with E-state index < -0.39 is 0 Å². The predicted octanol–water partition coefficient (Wildman–Crippen LogP) is 1.37. The van der Waals surface area contributed by atoms with Crippen molar-refractivity contribution in [3.63, 3.8) is 0 Å². The number of hydrogen-bond acceptors (Lipinski definition) is 5. The van der Waals surface area contributed by atoms with E-state index in [2.05, 4.69) is 10.1 Å². The minimum absolute atomic E-state index is 0.146. The van der Waals surface area contributed by atoms with Gasteiger partial charge >= 0.3 is 0 Å². The molecule has 0 bridgehead atoms. The lowest BCUT2D eigenvalue weighted by Gasteiger charge is -2.02. The van der Waals surface area contributed by atoms with E-state index in [-0.39, 0.29) is 5.56 Å². The number of nitrogens with zero attached hydrogens (tertiary/aromatic N) is 3. The maximum absolute atomic E-state index is 11.9. The van der Waals surface area contributed by atoms with Crippen molar-refractivity contribution >= 4 is 28.4 Å². The summed E-state index contributed by atoms with van der Waals surface area (Å²) in [7, 11) is 1.63. The molecule has 20 heavy (non-hydrogen) atoms. The Balaban J connectivity index is 1.97. The van der Waals surface area contributed by atoms with E-state index in [4.69, 9.17) is 4.74 Å². The Morgan fingerprint density at radius 3 is 3.00 bits per heavy atom. The second-order valence-electron chi connectivity index (χ2n) is 3.99. The van der Waals surface area contributed by atoms with Crippen LogP contribution in [-0.4, -0.2) is 21.7 Å². The quantitative estimate of drug-likeness (QED) is 0.729. The highest BCUT2D eigenvalue weighted by atomic mass is 32.1. The molecule has 100 valence electrons. The second kappa shape index (κ2) is 5.26. The van der Waals surface area contributed by atoms with Crippen molar-refractivity contribution in [2.45, 2.75) is 0 Å². The third-order valence-corrected chi connectivity index (χ3v) is 3.77. The highest BCUT2D eigenvalue weighted by Crippen LogP contribution is 2.18. The molecule has 5 nitrogen and oxygen atoms in total. The summed E-state index contributed by atoms with van der Waals surface area (Å²) in [5.41, 5.74) is 0.810. The number of hydrogen-bond donors (Lipinski definition) is 0. The maximum Gasteiger partial charge on any atom is 0.291 e. The summed E-state index contributed by atoms with van der Waals surface area (Å²) in [4.78, 5) is 16.5. The Morgan fingerprint density at radius 1 is 1.35 bits per heavy atom. The summed E-state index contributed by atoms with van der Waals surface area (Å²) in [6.07, 6.45) is 6.86. The van der Waals surface area contributed by atoms with E-state index in [1.165, 1.54) is 22.2 Å². The Bertz CT molecular complexity index is 879. The molecule has 3 aromatic rings. The van der Waals surface area contributed by atoms with Gasteiger partial charge in [-0.1, -0.05) is 41.7 Å². The van der Waals surface area contributed by atoms with Gasteiger partial charge in [0.05, 0.1) is 11.6 Å². The Labute approximate surface area is 118 Å². The number of thiazole rings is 1. The molecule has 0 aliphatic carbocycles. The van der Waals surface area contributed by atoms with E-state index in [1.54, 1.807) is 13.2 Å². The van der Waals surface area contributed by atoms with Crippen LogP contribution in [0.3, 0.4) is 0 Å². The van der Waals surface area contributed by atoms with Crippen LogP contribution in [-0.2, 0) is 0 Å². The minimum Gasteiger partial charge on any atom is -0.496 e. The maximum atomic E-state index is 11.9. The number of fused-ring (bicyclic) bond motifs is 1. The van der Waals surface area contributed by atoms with Crippen molar-refractivity contribution in [1.29, 1.82) is 0 Å². The molecular weight excluding hydrogens is 274 g/mol. The molecule has 0 radical (unpaired) electrons. The van der Waals surface area contributed by atoms with Gasteiger partial charge in [0.25, 0.3) is 5.56 Å². The van der Waals surface area contributed by atoms with Crippen molar-refractivity contribution in [2.24, 2.45) is 0 Å². The first-order chi connectivity index (χ1) is 9.79. The van der Waals surface area contributed by atoms with Crippen LogP contribution >= 0.6 is 11.3 Å². The van der Waals surface area contributed by atoms with Gasteiger partial charge in [0.1, 0.15) is 12.1 Å². The summed E-state index contributed by atoms with van der Waals surface area (Å²) in [6, 6.07) is 7.69. The number of allylic oxidation sites excluding steroid dienone is 1. The largest absolute Gasteiger partial charge is 0.496 e. The molecule has 6 heteroatoms. The molecule has 0 amide bonds. The zero-order valence-electron chi connectivity index (χ0n) is 10.7. The number of methoxy groups -OCH3 is 1. The molecule has 0 unspecified atom stereocenters. The Kier molecular flexibility index (Phi) is 3.30. The fraction of sp³-hybridized carbons (Fsp3) is 0.0714. The van der Waals surface area contributed by atoms with E-state index in [9.17, 15) is 4.79 Å². The van der Waals surface area contributed by atoms with E-state index >= 15 is 0 Å². The van der Waals surface area contributed by atoms with Crippen molar-refractivity contribution in [3.8, 4) is 5.75 Å². The van der Waals surface area contributed by atoms with Gasteiger partial charge in [-0.2, -0.15) is 9.61 Å². The van der Waals surface area contributed by atoms with Crippen LogP contribution in [0.4, 0.5) is 0 Å². The SMILES string of the molecule is COc1ccccc1C=CC=c1sc2ncnn2c1=O. The Morgan fingerprint density at radius 2 is 2.20 bits per heavy atom. The average molecular weight is 285 g/mol. The van der Waals surface area contributed by atoms with Gasteiger partial charge in [0.15, 0.2) is 0 Å². The lowest BCUT2D eigenvalue weighted by atomic mass is 10.2. The minimum atomic E-state index is -0.146. The third kappa shape index (κ3) is 2.21. The van der Waals surface area contributed by atoms with Crippen molar-refractivity contribution in [1.82, 2.24) is 14.6 Å². The second-order valence-corrected chi connectivity index (χ2v) is 5.00. The Hall–Kier alpha value is -2.47. The molecule has 0 aliphatic rings. The van der Waals surface area contributed by atoms with Crippen molar-refractivity contribution in [2.75, 3.05) is 7.11 Å². The molecular formula is C14H11N3O2S. The average Bonchev–Trinajstić information content (AvgIpc) is 3.04. The van der Waals surface area contributed by atoms with Gasteiger partial charge in [-0.3, -0.25) is 4.79 Å². The zero-order valence-corrected chi connectivity index (χ0v) is 11.5. The topological polar surface area (TPSA) is 56.5 Å². The monoisotopic (exact) mass is 285 g/mol. The summed E-state index contributed by atoms with van der Waals surface area (Å²) in [6.45, 7) is 0. The molecule has 3 rings (SSSR count). The number of ether oxygens (including phenoxy) is 1. The van der Waals surface area contributed by atoms with Gasteiger partial charge in [-0.15, -0.1) is 0 Å². The van der Waals surface area contributed by atoms with Crippen molar-refractivity contribution in [3.05, 3.63) is 57.1 Å². The fourth-order valence-corrected chi connectivity index (χ4v) is 2.67. The number of benzene rings is 1. The van der Waals surface area contributed by atoms with Crippen LogP contribution in [0.15, 0.2) is 41.5 Å². The number of para-hydroxylation sites is 1. The standard InChI is InChI=1S/C14H11N3O2S/c1-19-11-7-3-2-5-10(11)6-4-8-12-13(18)17-14(20-12)15-9-16-17/h2-9H,1H3. The zero-order chi connectivity index (χ0) is 13.9. The number of rotatable bonds is 3. The van der Waals surface area contributed by atoms with Crippen LogP contribution < -0.4 is 14.8 Å². The molecule has 2 heterocycles. The molecule has 0 fully saturated rings. The molecule has 0 saturated heterocycles. The molecule has 1 aromatic carbocycles. The smallest absolute Gasteiger partial charge is 0.291 e. The van der Waals surface area contributed by atoms with Gasteiger partial charge in [0.2, 0.25) is 4.96 Å². The fourth-order valence-electron chi connectivity index (χ4n) is 1.83. The van der Waals surface area contributed by atoms with Crippen LogP contribution in [0, 0.1) is 0 Å². The summed E-state index contributed by atoms with van der Waals surface area (Å²) < 4.78 is 7.16. The highest BCUT2D eigenvalue weighted by molar-refractivity contribution is 7.15. The van der Waals surface area contributed by atoms with Gasteiger partial charge < -0.3 is 4.74 Å². The first-order valence-corrected chi connectivity index (χ1v) is 6.75. The molecule has 0 atom stereocenters. The van der Waals surface area contributed by atoms with E-state index in [0.717, 1.165) is 11.3 Å². The predicted molar refractivity (Wildman–Crippen MR) is 78.8 cm³/mol. The highest BCUT2D eigenvalue weighted by Gasteiger charge is 2.03. The summed E-state index contributed by atoms with van der Waals surface area (Å²) >= 11 is 1.31. The summed E-state index contributed by atoms with van der Waals surface area (Å²) in [5.74, 6) is 0.794. The molecule has 0 aliphatic heterocycles. The summed E-state index contributed by atoms with van der Waals surface area (Å²) in [5, 5.41) is 3.87.